The summed E-state index contributed by atoms with van der Waals surface area (Å²) >= 11 is 0. The summed E-state index contributed by atoms with van der Waals surface area (Å²) < 4.78 is 0. The van der Waals surface area contributed by atoms with Gasteiger partial charge in [0.1, 0.15) is 0 Å². The van der Waals surface area contributed by atoms with Gasteiger partial charge < -0.3 is 11.2 Å². The first kappa shape index (κ1) is 25.9. The van der Waals surface area contributed by atoms with E-state index in [4.69, 9.17) is 5.73 Å². The Bertz CT molecular complexity index is 307. The van der Waals surface area contributed by atoms with Crippen molar-refractivity contribution >= 4 is 0 Å². The third kappa shape index (κ3) is 8.74. The zero-order chi connectivity index (χ0) is 18.4. The Morgan fingerprint density at radius 1 is 0.808 bits per heavy atom. The van der Waals surface area contributed by atoms with Gasteiger partial charge in [0.15, 0.2) is 0 Å². The largest absolute Gasteiger partial charge is 0.412 e. The van der Waals surface area contributed by atoms with Gasteiger partial charge in [-0.1, -0.05) is 111 Å². The van der Waals surface area contributed by atoms with Crippen molar-refractivity contribution in [1.29, 1.82) is 0 Å². The highest BCUT2D eigenvalue weighted by Crippen LogP contribution is 2.48. The molecule has 1 aliphatic rings. The predicted octanol–water partition coefficient (Wildman–Crippen LogP) is 7.19. The molecule has 0 heterocycles. The Morgan fingerprint density at radius 3 is 1.85 bits per heavy atom. The summed E-state index contributed by atoms with van der Waals surface area (Å²) in [5, 5.41) is 0. The summed E-state index contributed by atoms with van der Waals surface area (Å²) in [5.41, 5.74) is 7.24. The molecule has 0 saturated heterocycles. The fraction of sp³-hybridized carbons (Fsp3) is 1.00. The van der Waals surface area contributed by atoms with E-state index in [2.05, 4.69) is 20.8 Å². The van der Waals surface area contributed by atoms with Gasteiger partial charge in [0.2, 0.25) is 0 Å². The monoisotopic (exact) mass is 369 g/mol. The number of rotatable bonds is 15. The Balaban J connectivity index is 0.00000625. The third-order valence-electron chi connectivity index (χ3n) is 7.27. The van der Waals surface area contributed by atoms with Gasteiger partial charge in [-0.25, -0.2) is 0 Å². The van der Waals surface area contributed by atoms with Crippen LogP contribution in [0.1, 0.15) is 136 Å². The highest BCUT2D eigenvalue weighted by molar-refractivity contribution is 4.95. The van der Waals surface area contributed by atoms with Crippen LogP contribution in [-0.2, 0) is 0 Å². The van der Waals surface area contributed by atoms with Crippen molar-refractivity contribution in [2.24, 2.45) is 17.1 Å². The summed E-state index contributed by atoms with van der Waals surface area (Å²) in [6.07, 6.45) is 25.3. The fourth-order valence-corrected chi connectivity index (χ4v) is 5.48. The minimum atomic E-state index is 0. The maximum Gasteiger partial charge on any atom is 0.00981 e. The van der Waals surface area contributed by atoms with E-state index in [1.165, 1.54) is 116 Å². The SMILES string of the molecule is CCCCCCCCCCCCCC(N)C1(CC)CCCCC1CC.O. The molecule has 0 aromatic heterocycles. The molecular weight excluding hydrogens is 318 g/mol. The van der Waals surface area contributed by atoms with Crippen molar-refractivity contribution in [3.8, 4) is 0 Å². The molecule has 0 aromatic carbocycles. The van der Waals surface area contributed by atoms with Crippen LogP contribution in [0.5, 0.6) is 0 Å². The summed E-state index contributed by atoms with van der Waals surface area (Å²) in [7, 11) is 0. The molecule has 0 aromatic rings. The number of unbranched alkanes of at least 4 members (excludes halogenated alkanes) is 10. The van der Waals surface area contributed by atoms with E-state index >= 15 is 0 Å². The summed E-state index contributed by atoms with van der Waals surface area (Å²) in [6.45, 7) is 7.08. The molecule has 158 valence electrons. The second kappa shape index (κ2) is 15.9. The minimum Gasteiger partial charge on any atom is -0.412 e. The van der Waals surface area contributed by atoms with E-state index in [0.29, 0.717) is 11.5 Å². The first-order valence-corrected chi connectivity index (χ1v) is 12.0. The van der Waals surface area contributed by atoms with Crippen molar-refractivity contribution in [2.75, 3.05) is 0 Å². The number of nitrogens with two attached hydrogens (primary N) is 1. The molecule has 1 fully saturated rings. The zero-order valence-corrected chi connectivity index (χ0v) is 18.5. The molecular formula is C24H51NO. The zero-order valence-electron chi connectivity index (χ0n) is 18.5. The van der Waals surface area contributed by atoms with Crippen molar-refractivity contribution in [2.45, 2.75) is 142 Å². The summed E-state index contributed by atoms with van der Waals surface area (Å²) in [4.78, 5) is 0. The molecule has 4 N–H and O–H groups in total. The molecule has 1 rings (SSSR count). The molecule has 0 amide bonds. The van der Waals surface area contributed by atoms with Gasteiger partial charge in [0, 0.05) is 6.04 Å². The van der Waals surface area contributed by atoms with Crippen LogP contribution in [0.4, 0.5) is 0 Å². The van der Waals surface area contributed by atoms with E-state index in [0.717, 1.165) is 5.92 Å². The highest BCUT2D eigenvalue weighted by atomic mass is 16.0. The van der Waals surface area contributed by atoms with Gasteiger partial charge in [-0.05, 0) is 37.0 Å². The molecule has 0 aliphatic heterocycles. The summed E-state index contributed by atoms with van der Waals surface area (Å²) in [5.74, 6) is 0.883. The van der Waals surface area contributed by atoms with E-state index in [1.807, 2.05) is 0 Å². The van der Waals surface area contributed by atoms with Crippen LogP contribution in [0.15, 0.2) is 0 Å². The molecule has 26 heavy (non-hydrogen) atoms. The standard InChI is InChI=1S/C24H49N.H2O/c1-4-7-8-9-10-11-12-13-14-15-16-20-23(25)24(6-3)21-18-17-19-22(24)5-2;/h22-23H,4-21,25H2,1-3H3;1H2. The van der Waals surface area contributed by atoms with Gasteiger partial charge in [0.25, 0.3) is 0 Å². The van der Waals surface area contributed by atoms with Gasteiger partial charge >= 0.3 is 0 Å². The molecule has 0 spiro atoms. The third-order valence-corrected chi connectivity index (χ3v) is 7.27. The van der Waals surface area contributed by atoms with Crippen LogP contribution < -0.4 is 5.73 Å². The average Bonchev–Trinajstić information content (AvgIpc) is 2.65. The van der Waals surface area contributed by atoms with Gasteiger partial charge in [-0.2, -0.15) is 0 Å². The van der Waals surface area contributed by atoms with Crippen molar-refractivity contribution in [3.05, 3.63) is 0 Å². The van der Waals surface area contributed by atoms with E-state index in [9.17, 15) is 0 Å². The normalized spacial score (nSPS) is 24.2. The maximum atomic E-state index is 6.78. The van der Waals surface area contributed by atoms with Gasteiger partial charge in [0.05, 0.1) is 0 Å². The predicted molar refractivity (Wildman–Crippen MR) is 118 cm³/mol. The molecule has 1 aliphatic carbocycles. The first-order valence-electron chi connectivity index (χ1n) is 12.0. The first-order chi connectivity index (χ1) is 12.2. The smallest absolute Gasteiger partial charge is 0.00981 e. The van der Waals surface area contributed by atoms with E-state index in [-0.39, 0.29) is 5.48 Å². The van der Waals surface area contributed by atoms with E-state index < -0.39 is 0 Å². The Labute approximate surface area is 165 Å². The Kier molecular flexibility index (Phi) is 15.9. The summed E-state index contributed by atoms with van der Waals surface area (Å²) in [6, 6.07) is 0.446. The molecule has 3 atom stereocenters. The lowest BCUT2D eigenvalue weighted by atomic mass is 9.59. The molecule has 1 saturated carbocycles. The average molecular weight is 370 g/mol. The van der Waals surface area contributed by atoms with Crippen molar-refractivity contribution in [1.82, 2.24) is 0 Å². The molecule has 2 nitrogen and oxygen atoms in total. The number of hydrogen-bond donors (Lipinski definition) is 1. The topological polar surface area (TPSA) is 57.5 Å². The molecule has 3 unspecified atom stereocenters. The fourth-order valence-electron chi connectivity index (χ4n) is 5.48. The van der Waals surface area contributed by atoms with Gasteiger partial charge in [-0.15, -0.1) is 0 Å². The van der Waals surface area contributed by atoms with Crippen LogP contribution in [-0.4, -0.2) is 11.5 Å². The molecule has 0 radical (unpaired) electrons. The van der Waals surface area contributed by atoms with E-state index in [1.54, 1.807) is 0 Å². The Hall–Kier alpha value is -0.0800. The van der Waals surface area contributed by atoms with Gasteiger partial charge in [-0.3, -0.25) is 0 Å². The minimum absolute atomic E-state index is 0. The van der Waals surface area contributed by atoms with Crippen LogP contribution in [0.3, 0.4) is 0 Å². The second-order valence-electron chi connectivity index (χ2n) is 8.87. The Morgan fingerprint density at radius 2 is 1.35 bits per heavy atom. The highest BCUT2D eigenvalue weighted by Gasteiger charge is 2.42. The lowest BCUT2D eigenvalue weighted by molar-refractivity contribution is 0.0494. The molecule has 2 heteroatoms. The lowest BCUT2D eigenvalue weighted by Crippen LogP contribution is -2.48. The van der Waals surface area contributed by atoms with Crippen LogP contribution in [0, 0.1) is 11.3 Å². The van der Waals surface area contributed by atoms with Crippen molar-refractivity contribution in [3.63, 3.8) is 0 Å². The maximum absolute atomic E-state index is 6.78. The van der Waals surface area contributed by atoms with Crippen LogP contribution >= 0.6 is 0 Å². The molecule has 0 bridgehead atoms. The van der Waals surface area contributed by atoms with Crippen LogP contribution in [0.25, 0.3) is 0 Å². The van der Waals surface area contributed by atoms with Crippen molar-refractivity contribution < 1.29 is 5.48 Å². The lowest BCUT2D eigenvalue weighted by Gasteiger charge is -2.48. The van der Waals surface area contributed by atoms with Crippen LogP contribution in [0.2, 0.25) is 0 Å². The number of hydrogen-bond acceptors (Lipinski definition) is 1. The second-order valence-corrected chi connectivity index (χ2v) is 8.87. The quantitative estimate of drug-likeness (QED) is 0.305.